The molecule has 0 aliphatic rings. The normalized spacial score (nSPS) is 10.5. The Hall–Kier alpha value is -3.28. The third kappa shape index (κ3) is 3.85. The van der Waals surface area contributed by atoms with Crippen LogP contribution >= 0.6 is 0 Å². The van der Waals surface area contributed by atoms with Crippen LogP contribution in [0.1, 0.15) is 21.6 Å². The lowest BCUT2D eigenvalue weighted by molar-refractivity contribution is 0.102. The predicted octanol–water partition coefficient (Wildman–Crippen LogP) is 4.97. The summed E-state index contributed by atoms with van der Waals surface area (Å²) in [5, 5.41) is 5.45. The van der Waals surface area contributed by atoms with Crippen LogP contribution in [-0.4, -0.2) is 10.9 Å². The number of hydrogen-bond acceptors (Lipinski definition) is 3. The molecule has 0 spiro atoms. The number of para-hydroxylation sites is 1. The minimum Gasteiger partial charge on any atom is -0.355 e. The van der Waals surface area contributed by atoms with Gasteiger partial charge >= 0.3 is 0 Å². The molecule has 132 valence electrons. The van der Waals surface area contributed by atoms with Crippen LogP contribution in [0.2, 0.25) is 0 Å². The molecule has 0 aliphatic carbocycles. The van der Waals surface area contributed by atoms with E-state index in [9.17, 15) is 13.6 Å². The van der Waals surface area contributed by atoms with E-state index in [0.717, 1.165) is 28.9 Å². The van der Waals surface area contributed by atoms with E-state index < -0.39 is 23.2 Å². The lowest BCUT2D eigenvalue weighted by Gasteiger charge is -2.12. The number of pyridine rings is 1. The van der Waals surface area contributed by atoms with Crippen molar-refractivity contribution in [3.63, 3.8) is 0 Å². The number of carbonyl (C=O) groups excluding carboxylic acids is 1. The standard InChI is InChI=1S/C20H17F2N3O/c1-12-6-7-13(2)17(10-12)24-14-8-9-23-18(11-14)20(26)25-19-15(21)4-3-5-16(19)22/h3-11H,1-2H3,(H,23,24)(H,25,26). The van der Waals surface area contributed by atoms with E-state index >= 15 is 0 Å². The molecule has 0 unspecified atom stereocenters. The molecule has 2 N–H and O–H groups in total. The second kappa shape index (κ2) is 7.31. The largest absolute Gasteiger partial charge is 0.355 e. The van der Waals surface area contributed by atoms with Crippen molar-refractivity contribution in [3.05, 3.63) is 83.2 Å². The Morgan fingerprint density at radius 1 is 1.00 bits per heavy atom. The molecule has 6 heteroatoms. The van der Waals surface area contributed by atoms with Crippen LogP contribution in [-0.2, 0) is 0 Å². The summed E-state index contributed by atoms with van der Waals surface area (Å²) in [5.74, 6) is -2.38. The van der Waals surface area contributed by atoms with Gasteiger partial charge in [-0.25, -0.2) is 8.78 Å². The lowest BCUT2D eigenvalue weighted by atomic mass is 10.1. The number of nitrogens with one attached hydrogen (secondary N) is 2. The molecule has 0 saturated heterocycles. The average molecular weight is 353 g/mol. The molecular weight excluding hydrogens is 336 g/mol. The van der Waals surface area contributed by atoms with Gasteiger partial charge in [-0.1, -0.05) is 18.2 Å². The van der Waals surface area contributed by atoms with Gasteiger partial charge in [-0.2, -0.15) is 0 Å². The Morgan fingerprint density at radius 3 is 2.46 bits per heavy atom. The van der Waals surface area contributed by atoms with Crippen LogP contribution in [0.5, 0.6) is 0 Å². The fraction of sp³-hybridized carbons (Fsp3) is 0.100. The van der Waals surface area contributed by atoms with E-state index in [2.05, 4.69) is 15.6 Å². The molecule has 1 amide bonds. The maximum Gasteiger partial charge on any atom is 0.274 e. The maximum atomic E-state index is 13.7. The number of anilines is 3. The van der Waals surface area contributed by atoms with E-state index in [1.54, 1.807) is 6.07 Å². The highest BCUT2D eigenvalue weighted by molar-refractivity contribution is 6.03. The molecule has 26 heavy (non-hydrogen) atoms. The zero-order valence-corrected chi connectivity index (χ0v) is 14.3. The van der Waals surface area contributed by atoms with Gasteiger partial charge in [-0.15, -0.1) is 0 Å². The molecule has 1 heterocycles. The van der Waals surface area contributed by atoms with Crippen molar-refractivity contribution in [2.45, 2.75) is 13.8 Å². The van der Waals surface area contributed by atoms with Crippen molar-refractivity contribution in [2.24, 2.45) is 0 Å². The van der Waals surface area contributed by atoms with Gasteiger partial charge in [-0.05, 0) is 55.3 Å². The highest BCUT2D eigenvalue weighted by atomic mass is 19.1. The summed E-state index contributed by atoms with van der Waals surface area (Å²) in [5.41, 5.74) is 3.25. The van der Waals surface area contributed by atoms with E-state index in [1.807, 2.05) is 32.0 Å². The summed E-state index contributed by atoms with van der Waals surface area (Å²) >= 11 is 0. The first-order chi connectivity index (χ1) is 12.4. The van der Waals surface area contributed by atoms with Gasteiger partial charge in [-0.3, -0.25) is 9.78 Å². The summed E-state index contributed by atoms with van der Waals surface area (Å²) in [6, 6.07) is 12.6. The fourth-order valence-corrected chi connectivity index (χ4v) is 2.45. The molecule has 0 radical (unpaired) electrons. The van der Waals surface area contributed by atoms with Gasteiger partial charge in [0.15, 0.2) is 0 Å². The van der Waals surface area contributed by atoms with Gasteiger partial charge in [0, 0.05) is 17.6 Å². The van der Waals surface area contributed by atoms with Gasteiger partial charge in [0.25, 0.3) is 5.91 Å². The van der Waals surface area contributed by atoms with Crippen LogP contribution in [0.15, 0.2) is 54.7 Å². The molecule has 0 saturated carbocycles. The summed E-state index contributed by atoms with van der Waals surface area (Å²) in [7, 11) is 0. The minimum atomic E-state index is -0.844. The number of benzene rings is 2. The Bertz CT molecular complexity index is 953. The van der Waals surface area contributed by atoms with Gasteiger partial charge in [0.1, 0.15) is 23.0 Å². The molecule has 0 aliphatic heterocycles. The quantitative estimate of drug-likeness (QED) is 0.696. The molecule has 4 nitrogen and oxygen atoms in total. The van der Waals surface area contributed by atoms with E-state index in [-0.39, 0.29) is 5.69 Å². The fourth-order valence-electron chi connectivity index (χ4n) is 2.45. The number of carbonyl (C=O) groups is 1. The number of halogens is 2. The molecule has 2 aromatic carbocycles. The summed E-state index contributed by atoms with van der Waals surface area (Å²) in [6.07, 6.45) is 1.46. The van der Waals surface area contributed by atoms with Gasteiger partial charge in [0.2, 0.25) is 0 Å². The highest BCUT2D eigenvalue weighted by Crippen LogP contribution is 2.23. The molecule has 3 rings (SSSR count). The third-order valence-electron chi connectivity index (χ3n) is 3.87. The van der Waals surface area contributed by atoms with Crippen molar-refractivity contribution in [2.75, 3.05) is 10.6 Å². The van der Waals surface area contributed by atoms with Crippen LogP contribution in [0.25, 0.3) is 0 Å². The van der Waals surface area contributed by atoms with Crippen molar-refractivity contribution in [1.82, 2.24) is 4.98 Å². The zero-order chi connectivity index (χ0) is 18.7. The predicted molar refractivity (Wildman–Crippen MR) is 97.7 cm³/mol. The van der Waals surface area contributed by atoms with Crippen molar-refractivity contribution in [3.8, 4) is 0 Å². The zero-order valence-electron chi connectivity index (χ0n) is 14.3. The van der Waals surface area contributed by atoms with Gasteiger partial charge in [0.05, 0.1) is 0 Å². The Balaban J connectivity index is 1.83. The number of nitrogens with zero attached hydrogens (tertiary/aromatic N) is 1. The second-order valence-corrected chi connectivity index (χ2v) is 5.92. The van der Waals surface area contributed by atoms with Crippen molar-refractivity contribution in [1.29, 1.82) is 0 Å². The number of amides is 1. The average Bonchev–Trinajstić information content (AvgIpc) is 2.61. The summed E-state index contributed by atoms with van der Waals surface area (Å²) in [6.45, 7) is 3.95. The highest BCUT2D eigenvalue weighted by Gasteiger charge is 2.15. The van der Waals surface area contributed by atoms with Crippen LogP contribution in [0.3, 0.4) is 0 Å². The molecule has 3 aromatic rings. The monoisotopic (exact) mass is 353 g/mol. The van der Waals surface area contributed by atoms with Crippen LogP contribution < -0.4 is 10.6 Å². The first-order valence-corrected chi connectivity index (χ1v) is 8.00. The molecule has 0 bridgehead atoms. The number of aryl methyl sites for hydroxylation is 2. The Labute approximate surface area is 149 Å². The lowest BCUT2D eigenvalue weighted by Crippen LogP contribution is -2.16. The SMILES string of the molecule is Cc1ccc(C)c(Nc2ccnc(C(=O)Nc3c(F)cccc3F)c2)c1. The van der Waals surface area contributed by atoms with Crippen molar-refractivity contribution < 1.29 is 13.6 Å². The third-order valence-corrected chi connectivity index (χ3v) is 3.87. The van der Waals surface area contributed by atoms with E-state index in [0.29, 0.717) is 5.69 Å². The van der Waals surface area contributed by atoms with Gasteiger partial charge < -0.3 is 10.6 Å². The number of aromatic nitrogens is 1. The van der Waals surface area contributed by atoms with E-state index in [4.69, 9.17) is 0 Å². The maximum absolute atomic E-state index is 13.7. The molecule has 0 fully saturated rings. The molecule has 1 aromatic heterocycles. The topological polar surface area (TPSA) is 54.0 Å². The Kier molecular flexibility index (Phi) is 4.93. The smallest absolute Gasteiger partial charge is 0.274 e. The van der Waals surface area contributed by atoms with Crippen molar-refractivity contribution >= 4 is 23.0 Å². The molecule has 0 atom stereocenters. The van der Waals surface area contributed by atoms with Crippen LogP contribution in [0.4, 0.5) is 25.8 Å². The second-order valence-electron chi connectivity index (χ2n) is 5.92. The number of hydrogen-bond donors (Lipinski definition) is 2. The minimum absolute atomic E-state index is 0.0444. The molecular formula is C20H17F2N3O. The van der Waals surface area contributed by atoms with E-state index in [1.165, 1.54) is 18.3 Å². The first kappa shape index (κ1) is 17.5. The first-order valence-electron chi connectivity index (χ1n) is 8.00. The Morgan fingerprint density at radius 2 is 1.73 bits per heavy atom. The van der Waals surface area contributed by atoms with Crippen LogP contribution in [0, 0.1) is 25.5 Å². The summed E-state index contributed by atoms with van der Waals surface area (Å²) < 4.78 is 27.4. The summed E-state index contributed by atoms with van der Waals surface area (Å²) in [4.78, 5) is 16.3. The number of rotatable bonds is 4.